The quantitative estimate of drug-likeness (QED) is 0.588. The Hall–Kier alpha value is -2.73. The fraction of sp³-hybridized carbons (Fsp3) is 0.235. The molecule has 23 heavy (non-hydrogen) atoms. The molecule has 0 amide bonds. The molecular weight excluding hydrogens is 292 g/mol. The van der Waals surface area contributed by atoms with Crippen LogP contribution in [0.3, 0.4) is 0 Å². The van der Waals surface area contributed by atoms with Crippen LogP contribution in [0, 0.1) is 10.1 Å². The van der Waals surface area contributed by atoms with Gasteiger partial charge in [-0.05, 0) is 31.0 Å². The van der Waals surface area contributed by atoms with Gasteiger partial charge in [0.15, 0.2) is 0 Å². The minimum Gasteiger partial charge on any atom is -0.326 e. The predicted molar refractivity (Wildman–Crippen MR) is 90.1 cm³/mol. The van der Waals surface area contributed by atoms with E-state index < -0.39 is 4.92 Å². The summed E-state index contributed by atoms with van der Waals surface area (Å²) in [5.74, 6) is 0. The van der Waals surface area contributed by atoms with E-state index in [4.69, 9.17) is 5.73 Å². The van der Waals surface area contributed by atoms with Gasteiger partial charge in [0.1, 0.15) is 11.8 Å². The van der Waals surface area contributed by atoms with Gasteiger partial charge in [-0.25, -0.2) is 4.98 Å². The third-order valence-electron chi connectivity index (χ3n) is 3.87. The number of pyridine rings is 1. The Balaban J connectivity index is 2.21. The summed E-state index contributed by atoms with van der Waals surface area (Å²) in [6.07, 6.45) is 1.31. The minimum atomic E-state index is -0.422. The Bertz CT molecular complexity index is 866. The summed E-state index contributed by atoms with van der Waals surface area (Å²) in [7, 11) is 0. The molecule has 0 unspecified atom stereocenters. The van der Waals surface area contributed by atoms with Crippen molar-refractivity contribution in [2.45, 2.75) is 26.4 Å². The molecule has 118 valence electrons. The third-order valence-corrected chi connectivity index (χ3v) is 3.87. The molecule has 3 aromatic rings. The largest absolute Gasteiger partial charge is 0.326 e. The molecule has 3 rings (SSSR count). The van der Waals surface area contributed by atoms with E-state index in [-0.39, 0.29) is 11.7 Å². The van der Waals surface area contributed by atoms with Crippen molar-refractivity contribution in [2.24, 2.45) is 5.73 Å². The smallest absolute Gasteiger partial charge is 0.288 e. The van der Waals surface area contributed by atoms with Gasteiger partial charge in [0.25, 0.3) is 5.69 Å². The highest BCUT2D eigenvalue weighted by molar-refractivity contribution is 5.85. The second kappa shape index (κ2) is 5.81. The molecule has 0 atom stereocenters. The lowest BCUT2D eigenvalue weighted by atomic mass is 10.1. The van der Waals surface area contributed by atoms with Gasteiger partial charge in [-0.2, -0.15) is 0 Å². The molecule has 1 aromatic carbocycles. The monoisotopic (exact) mass is 310 g/mol. The lowest BCUT2D eigenvalue weighted by Gasteiger charge is -2.14. The number of rotatable bonds is 4. The molecule has 0 saturated carbocycles. The molecular formula is C17H18N4O2. The molecule has 0 saturated heterocycles. The van der Waals surface area contributed by atoms with Crippen LogP contribution in [-0.2, 0) is 6.54 Å². The van der Waals surface area contributed by atoms with Crippen LogP contribution < -0.4 is 5.73 Å². The van der Waals surface area contributed by atoms with Crippen molar-refractivity contribution in [1.29, 1.82) is 0 Å². The van der Waals surface area contributed by atoms with Crippen LogP contribution in [-0.4, -0.2) is 14.5 Å². The molecule has 0 radical (unpaired) electrons. The lowest BCUT2D eigenvalue weighted by molar-refractivity contribution is -0.385. The van der Waals surface area contributed by atoms with Gasteiger partial charge in [-0.15, -0.1) is 0 Å². The summed E-state index contributed by atoms with van der Waals surface area (Å²) >= 11 is 0. The normalized spacial score (nSPS) is 11.3. The van der Waals surface area contributed by atoms with Crippen molar-refractivity contribution in [3.8, 4) is 11.3 Å². The van der Waals surface area contributed by atoms with E-state index in [9.17, 15) is 10.1 Å². The van der Waals surface area contributed by atoms with E-state index in [1.807, 2.05) is 30.3 Å². The first kappa shape index (κ1) is 15.2. The Morgan fingerprint density at radius 3 is 2.52 bits per heavy atom. The Kier molecular flexibility index (Phi) is 3.83. The van der Waals surface area contributed by atoms with Gasteiger partial charge in [0, 0.05) is 24.0 Å². The first-order valence-corrected chi connectivity index (χ1v) is 7.46. The average molecular weight is 310 g/mol. The molecule has 2 aromatic heterocycles. The van der Waals surface area contributed by atoms with Crippen molar-refractivity contribution >= 4 is 16.7 Å². The summed E-state index contributed by atoms with van der Waals surface area (Å²) < 4.78 is 2.09. The Morgan fingerprint density at radius 2 is 1.96 bits per heavy atom. The predicted octanol–water partition coefficient (Wildman–Crippen LogP) is 3.65. The van der Waals surface area contributed by atoms with Gasteiger partial charge in [-0.3, -0.25) is 10.1 Å². The van der Waals surface area contributed by atoms with Crippen LogP contribution >= 0.6 is 0 Å². The second-order valence-corrected chi connectivity index (χ2v) is 5.76. The molecule has 2 N–H and O–H groups in total. The number of nitrogens with zero attached hydrogens (tertiary/aromatic N) is 3. The summed E-state index contributed by atoms with van der Waals surface area (Å²) in [4.78, 5) is 14.8. The fourth-order valence-electron chi connectivity index (χ4n) is 2.76. The maximum Gasteiger partial charge on any atom is 0.288 e. The van der Waals surface area contributed by atoms with Crippen LogP contribution in [0.25, 0.3) is 22.3 Å². The molecule has 0 bridgehead atoms. The minimum absolute atomic E-state index is 0.00318. The number of hydrogen-bond acceptors (Lipinski definition) is 4. The molecule has 2 heterocycles. The van der Waals surface area contributed by atoms with Gasteiger partial charge in [0.2, 0.25) is 0 Å². The van der Waals surface area contributed by atoms with Crippen LogP contribution in [0.2, 0.25) is 0 Å². The molecule has 0 aliphatic rings. The number of nitrogens with two attached hydrogens (primary N) is 1. The molecule has 6 nitrogen and oxygen atoms in total. The van der Waals surface area contributed by atoms with E-state index in [0.29, 0.717) is 6.54 Å². The Morgan fingerprint density at radius 1 is 1.26 bits per heavy atom. The zero-order valence-corrected chi connectivity index (χ0v) is 13.1. The van der Waals surface area contributed by atoms with E-state index in [1.165, 1.54) is 6.20 Å². The number of nitro groups is 1. The Labute approximate surface area is 133 Å². The number of aromatic nitrogens is 2. The molecule has 0 aliphatic heterocycles. The summed E-state index contributed by atoms with van der Waals surface area (Å²) in [5, 5.41) is 11.7. The number of benzene rings is 1. The van der Waals surface area contributed by atoms with E-state index in [1.54, 1.807) is 6.07 Å². The topological polar surface area (TPSA) is 87.0 Å². The lowest BCUT2D eigenvalue weighted by Crippen LogP contribution is -2.04. The fourth-order valence-corrected chi connectivity index (χ4v) is 2.76. The van der Waals surface area contributed by atoms with Crippen molar-refractivity contribution in [2.75, 3.05) is 0 Å². The third kappa shape index (κ3) is 2.68. The SMILES string of the molecule is CC(C)n1c(-c2ccc(CN)cc2)cc2cc([N+](=O)[O-])cnc21. The number of hydrogen-bond donors (Lipinski definition) is 1. The second-order valence-electron chi connectivity index (χ2n) is 5.76. The van der Waals surface area contributed by atoms with Crippen LogP contribution in [0.1, 0.15) is 25.5 Å². The zero-order valence-electron chi connectivity index (χ0n) is 13.1. The van der Waals surface area contributed by atoms with Crippen molar-refractivity contribution in [1.82, 2.24) is 9.55 Å². The molecule has 0 spiro atoms. The van der Waals surface area contributed by atoms with E-state index >= 15 is 0 Å². The van der Waals surface area contributed by atoms with Gasteiger partial charge < -0.3 is 10.3 Å². The highest BCUT2D eigenvalue weighted by Gasteiger charge is 2.17. The summed E-state index contributed by atoms with van der Waals surface area (Å²) in [6.45, 7) is 4.64. The average Bonchev–Trinajstić information content (AvgIpc) is 2.93. The van der Waals surface area contributed by atoms with Gasteiger partial charge >= 0.3 is 0 Å². The molecule has 0 fully saturated rings. The van der Waals surface area contributed by atoms with Crippen molar-refractivity contribution in [3.63, 3.8) is 0 Å². The standard InChI is InChI=1S/C17H18N4O2/c1-11(2)20-16(13-5-3-12(9-18)4-6-13)8-14-7-15(21(22)23)10-19-17(14)20/h3-8,10-11H,9,18H2,1-2H3. The van der Waals surface area contributed by atoms with E-state index in [2.05, 4.69) is 23.4 Å². The van der Waals surface area contributed by atoms with Crippen LogP contribution in [0.15, 0.2) is 42.6 Å². The molecule has 6 heteroatoms. The maximum absolute atomic E-state index is 11.0. The first-order chi connectivity index (χ1) is 11.0. The highest BCUT2D eigenvalue weighted by Crippen LogP contribution is 2.32. The van der Waals surface area contributed by atoms with Crippen molar-refractivity contribution < 1.29 is 4.92 Å². The van der Waals surface area contributed by atoms with Crippen molar-refractivity contribution in [3.05, 3.63) is 58.3 Å². The van der Waals surface area contributed by atoms with Crippen LogP contribution in [0.4, 0.5) is 5.69 Å². The van der Waals surface area contributed by atoms with E-state index in [0.717, 1.165) is 27.9 Å². The highest BCUT2D eigenvalue weighted by atomic mass is 16.6. The van der Waals surface area contributed by atoms with Gasteiger partial charge in [-0.1, -0.05) is 24.3 Å². The van der Waals surface area contributed by atoms with Crippen LogP contribution in [0.5, 0.6) is 0 Å². The first-order valence-electron chi connectivity index (χ1n) is 7.46. The summed E-state index contributed by atoms with van der Waals surface area (Å²) in [5.41, 5.74) is 9.50. The molecule has 0 aliphatic carbocycles. The zero-order chi connectivity index (χ0) is 16.6. The number of fused-ring (bicyclic) bond motifs is 1. The van der Waals surface area contributed by atoms with Gasteiger partial charge in [0.05, 0.1) is 10.6 Å². The summed E-state index contributed by atoms with van der Waals surface area (Å²) in [6, 6.07) is 11.7. The maximum atomic E-state index is 11.0.